The molecular formula is C22H26BFN6O3. The Hall–Kier alpha value is -3.05. The molecule has 3 aromatic rings. The number of aromatic hydroxyl groups is 1. The highest BCUT2D eigenvalue weighted by atomic mass is 19.1. The van der Waals surface area contributed by atoms with Gasteiger partial charge in [0.05, 0.1) is 18.2 Å². The number of alkyl halides is 1. The van der Waals surface area contributed by atoms with Crippen LogP contribution in [0.1, 0.15) is 32.6 Å². The summed E-state index contributed by atoms with van der Waals surface area (Å²) < 4.78 is 23.0. The predicted octanol–water partition coefficient (Wildman–Crippen LogP) is 2.64. The van der Waals surface area contributed by atoms with Gasteiger partial charge >= 0.3 is 13.1 Å². The molecule has 2 aliphatic rings. The average molecular weight is 452 g/mol. The van der Waals surface area contributed by atoms with Crippen LogP contribution in [-0.4, -0.2) is 70.6 Å². The smallest absolute Gasteiger partial charge is 0.377 e. The first-order chi connectivity index (χ1) is 15.9. The topological polar surface area (TPSA) is 109 Å². The van der Waals surface area contributed by atoms with E-state index in [9.17, 15) is 10.1 Å². The number of piperidine rings is 2. The van der Waals surface area contributed by atoms with Crippen molar-refractivity contribution in [2.75, 3.05) is 0 Å². The molecule has 2 N–H and O–H groups in total. The van der Waals surface area contributed by atoms with E-state index < -0.39 is 25.4 Å². The van der Waals surface area contributed by atoms with Crippen molar-refractivity contribution in [2.45, 2.75) is 63.3 Å². The molecule has 2 bridgehead atoms. The van der Waals surface area contributed by atoms with E-state index in [-0.39, 0.29) is 17.3 Å². The molecule has 4 atom stereocenters. The first kappa shape index (κ1) is 21.8. The van der Waals surface area contributed by atoms with Crippen molar-refractivity contribution in [1.82, 2.24) is 29.5 Å². The molecule has 2 aliphatic heterocycles. The van der Waals surface area contributed by atoms with Gasteiger partial charge in [0.15, 0.2) is 6.17 Å². The molecule has 0 aliphatic carbocycles. The first-order valence-electron chi connectivity index (χ1n) is 11.1. The Morgan fingerprint density at radius 3 is 2.82 bits per heavy atom. The molecule has 172 valence electrons. The Kier molecular flexibility index (Phi) is 5.53. The quantitative estimate of drug-likeness (QED) is 0.569. The van der Waals surface area contributed by atoms with Crippen LogP contribution in [0, 0.1) is 0 Å². The minimum absolute atomic E-state index is 0.00639. The van der Waals surface area contributed by atoms with Gasteiger partial charge in [-0.2, -0.15) is 0 Å². The number of imidazole rings is 1. The molecule has 2 aromatic heterocycles. The minimum Gasteiger partial charge on any atom is -0.507 e. The molecule has 0 radical (unpaired) electrons. The highest BCUT2D eigenvalue weighted by Gasteiger charge is 2.54. The molecular weight excluding hydrogens is 426 g/mol. The average Bonchev–Trinajstić information content (AvgIpc) is 3.32. The van der Waals surface area contributed by atoms with Gasteiger partial charge < -0.3 is 24.2 Å². The number of phenols is 1. The second-order valence-corrected chi connectivity index (χ2v) is 9.10. The van der Waals surface area contributed by atoms with Gasteiger partial charge in [-0.25, -0.2) is 14.4 Å². The zero-order valence-corrected chi connectivity index (χ0v) is 18.5. The van der Waals surface area contributed by atoms with E-state index in [1.165, 1.54) is 6.20 Å². The summed E-state index contributed by atoms with van der Waals surface area (Å²) in [7, 11) is -0.718. The van der Waals surface area contributed by atoms with Crippen LogP contribution in [-0.2, 0) is 0 Å². The van der Waals surface area contributed by atoms with Crippen molar-refractivity contribution in [2.24, 2.45) is 0 Å². The van der Waals surface area contributed by atoms with Crippen molar-refractivity contribution >= 4 is 7.05 Å². The molecule has 5 rings (SSSR count). The number of halogens is 1. The van der Waals surface area contributed by atoms with Crippen LogP contribution in [0.4, 0.5) is 4.39 Å². The highest BCUT2D eigenvalue weighted by molar-refractivity contribution is 6.45. The lowest BCUT2D eigenvalue weighted by atomic mass is 9.65. The van der Waals surface area contributed by atoms with Crippen molar-refractivity contribution in [1.29, 1.82) is 0 Å². The fourth-order valence-electron chi connectivity index (χ4n) is 5.40. The summed E-state index contributed by atoms with van der Waals surface area (Å²) in [5.74, 6) is 0.0287. The predicted molar refractivity (Wildman–Crippen MR) is 120 cm³/mol. The van der Waals surface area contributed by atoms with Crippen molar-refractivity contribution in [3.8, 4) is 28.7 Å². The van der Waals surface area contributed by atoms with E-state index in [4.69, 9.17) is 4.74 Å². The van der Waals surface area contributed by atoms with Crippen LogP contribution >= 0.6 is 0 Å². The minimum atomic E-state index is -1.27. The van der Waals surface area contributed by atoms with Crippen LogP contribution in [0.25, 0.3) is 16.9 Å². The van der Waals surface area contributed by atoms with Crippen LogP contribution in [0.15, 0.2) is 43.1 Å². The van der Waals surface area contributed by atoms with Crippen LogP contribution in [0.3, 0.4) is 0 Å². The number of benzene rings is 1. The second kappa shape index (κ2) is 8.38. The number of nitrogens with zero attached hydrogens (tertiary/aromatic N) is 6. The van der Waals surface area contributed by atoms with Gasteiger partial charge in [0.25, 0.3) is 0 Å². The van der Waals surface area contributed by atoms with E-state index >= 15 is 4.39 Å². The number of aromatic nitrogens is 5. The number of hydrogen-bond donors (Lipinski definition) is 2. The van der Waals surface area contributed by atoms with Crippen molar-refractivity contribution < 1.29 is 19.3 Å². The third-order valence-electron chi connectivity index (χ3n) is 6.82. The van der Waals surface area contributed by atoms with Crippen LogP contribution < -0.4 is 4.74 Å². The van der Waals surface area contributed by atoms with Crippen LogP contribution in [0.2, 0.25) is 6.82 Å². The molecule has 1 unspecified atom stereocenters. The number of hydrogen-bond acceptors (Lipinski definition) is 8. The fourth-order valence-corrected chi connectivity index (χ4v) is 5.40. The normalized spacial score (nSPS) is 27.3. The Morgan fingerprint density at radius 2 is 2.15 bits per heavy atom. The molecule has 0 spiro atoms. The molecule has 9 nitrogen and oxygen atoms in total. The van der Waals surface area contributed by atoms with Gasteiger partial charge in [-0.3, -0.25) is 0 Å². The second-order valence-electron chi connectivity index (χ2n) is 9.10. The Bertz CT molecular complexity index is 1120. The largest absolute Gasteiger partial charge is 0.507 e. The Balaban J connectivity index is 1.33. The first-order valence-corrected chi connectivity index (χ1v) is 11.1. The van der Waals surface area contributed by atoms with Gasteiger partial charge in [-0.1, -0.05) is 11.5 Å². The summed E-state index contributed by atoms with van der Waals surface area (Å²) >= 11 is 0. The standard InChI is InChI=1S/C22H26BFN6O3/c1-22-7-3-4-17(30(22)23(2)32)20(24)19(11-22)33-21-26-12-16(27-28-21)15-6-5-14(10-18(15)31)29-9-8-25-13-29/h5-6,8-10,12-13,17,19-20,31-32H,3-4,7,11H2,1-2H3/t17?,19-,20+,22-/m0/s1. The van der Waals surface area contributed by atoms with E-state index in [1.807, 2.05) is 17.8 Å². The number of fused-ring (bicyclic) bond motifs is 2. The number of rotatable bonds is 5. The summed E-state index contributed by atoms with van der Waals surface area (Å²) in [6, 6.07) is 4.74. The lowest BCUT2D eigenvalue weighted by Crippen LogP contribution is -2.70. The van der Waals surface area contributed by atoms with E-state index in [2.05, 4.69) is 20.2 Å². The molecule has 1 aromatic carbocycles. The van der Waals surface area contributed by atoms with E-state index in [0.29, 0.717) is 24.1 Å². The summed E-state index contributed by atoms with van der Waals surface area (Å²) in [6.07, 6.45) is 7.44. The van der Waals surface area contributed by atoms with Crippen molar-refractivity contribution in [3.63, 3.8) is 0 Å². The van der Waals surface area contributed by atoms with Crippen molar-refractivity contribution in [3.05, 3.63) is 43.1 Å². The van der Waals surface area contributed by atoms with Gasteiger partial charge in [0.1, 0.15) is 17.5 Å². The lowest BCUT2D eigenvalue weighted by molar-refractivity contribution is -0.0850. The molecule has 0 saturated carbocycles. The number of ether oxygens (including phenoxy) is 1. The van der Waals surface area contributed by atoms with E-state index in [1.54, 1.807) is 42.2 Å². The molecule has 11 heteroatoms. The van der Waals surface area contributed by atoms with Crippen LogP contribution in [0.5, 0.6) is 11.8 Å². The Morgan fingerprint density at radius 1 is 1.30 bits per heavy atom. The number of phenolic OH excluding ortho intramolecular Hbond substituents is 1. The molecule has 4 heterocycles. The molecule has 2 saturated heterocycles. The SMILES string of the molecule is CB(O)N1C2CCC[C@@]1(C)C[C@H](Oc1ncc(-c3ccc(-n4ccnc4)cc3O)nn1)[C@@H]2F. The molecule has 33 heavy (non-hydrogen) atoms. The van der Waals surface area contributed by atoms with Gasteiger partial charge in [0, 0.05) is 42.0 Å². The summed E-state index contributed by atoms with van der Waals surface area (Å²) in [6.45, 7) is 3.74. The Labute approximate surface area is 191 Å². The van der Waals surface area contributed by atoms with Gasteiger partial charge in [0.2, 0.25) is 0 Å². The monoisotopic (exact) mass is 452 g/mol. The highest BCUT2D eigenvalue weighted by Crippen LogP contribution is 2.44. The third-order valence-corrected chi connectivity index (χ3v) is 6.82. The van der Waals surface area contributed by atoms with Gasteiger partial charge in [-0.15, -0.1) is 5.10 Å². The molecule has 2 fully saturated rings. The van der Waals surface area contributed by atoms with Gasteiger partial charge in [-0.05, 0) is 38.7 Å². The maximum absolute atomic E-state index is 15.3. The zero-order chi connectivity index (χ0) is 23.2. The lowest BCUT2D eigenvalue weighted by Gasteiger charge is -2.57. The zero-order valence-electron chi connectivity index (χ0n) is 18.5. The maximum atomic E-state index is 15.3. The third kappa shape index (κ3) is 3.95. The summed E-state index contributed by atoms with van der Waals surface area (Å²) in [5.41, 5.74) is 1.26. The van der Waals surface area contributed by atoms with E-state index in [0.717, 1.165) is 18.5 Å². The maximum Gasteiger partial charge on any atom is 0.377 e. The summed E-state index contributed by atoms with van der Waals surface area (Å²) in [4.78, 5) is 10.1. The molecule has 0 amide bonds. The fraction of sp³-hybridized carbons (Fsp3) is 0.455. The summed E-state index contributed by atoms with van der Waals surface area (Å²) in [5, 5.41) is 28.9.